The SMILES string of the molecule is CN(C)[C@@H]1CO[C@H](CNC(=O)N2CCOCC2)[C@H]1O. The number of hydrogen-bond acceptors (Lipinski definition) is 5. The van der Waals surface area contributed by atoms with Crippen molar-refractivity contribution in [1.82, 2.24) is 15.1 Å². The quantitative estimate of drug-likeness (QED) is 0.670. The summed E-state index contributed by atoms with van der Waals surface area (Å²) in [6, 6.07) is -0.127. The van der Waals surface area contributed by atoms with Crippen LogP contribution in [0.5, 0.6) is 0 Å². The van der Waals surface area contributed by atoms with E-state index >= 15 is 0 Å². The number of urea groups is 1. The van der Waals surface area contributed by atoms with Gasteiger partial charge in [-0.05, 0) is 14.1 Å². The molecule has 0 aromatic carbocycles. The normalized spacial score (nSPS) is 31.8. The van der Waals surface area contributed by atoms with E-state index in [2.05, 4.69) is 5.32 Å². The van der Waals surface area contributed by atoms with Crippen LogP contribution in [0.3, 0.4) is 0 Å². The largest absolute Gasteiger partial charge is 0.389 e. The third kappa shape index (κ3) is 3.56. The molecule has 2 heterocycles. The Labute approximate surface area is 113 Å². The molecule has 0 bridgehead atoms. The summed E-state index contributed by atoms with van der Waals surface area (Å²) < 4.78 is 10.7. The van der Waals surface area contributed by atoms with Crippen molar-refractivity contribution >= 4 is 6.03 Å². The molecule has 7 nitrogen and oxygen atoms in total. The van der Waals surface area contributed by atoms with Crippen molar-refractivity contribution in [2.45, 2.75) is 18.2 Å². The first kappa shape index (κ1) is 14.5. The zero-order valence-corrected chi connectivity index (χ0v) is 11.5. The van der Waals surface area contributed by atoms with Crippen LogP contribution in [0.4, 0.5) is 4.79 Å². The van der Waals surface area contributed by atoms with Crippen LogP contribution in [-0.4, -0.2) is 92.7 Å². The standard InChI is InChI=1S/C12H23N3O4/c1-14(2)9-8-19-10(11(9)16)7-13-12(17)15-3-5-18-6-4-15/h9-11,16H,3-8H2,1-2H3,(H,13,17)/t9-,10-,11+/m1/s1. The Hall–Kier alpha value is -0.890. The molecule has 0 spiro atoms. The van der Waals surface area contributed by atoms with Crippen molar-refractivity contribution < 1.29 is 19.4 Å². The zero-order valence-electron chi connectivity index (χ0n) is 11.5. The number of rotatable bonds is 3. The van der Waals surface area contributed by atoms with Crippen LogP contribution < -0.4 is 5.32 Å². The van der Waals surface area contributed by atoms with Crippen molar-refractivity contribution in [3.8, 4) is 0 Å². The lowest BCUT2D eigenvalue weighted by atomic mass is 10.1. The Bertz CT molecular complexity index is 307. The van der Waals surface area contributed by atoms with Crippen molar-refractivity contribution in [3.05, 3.63) is 0 Å². The fourth-order valence-corrected chi connectivity index (χ4v) is 2.37. The van der Waals surface area contributed by atoms with E-state index in [0.717, 1.165) is 0 Å². The number of morpholine rings is 1. The highest BCUT2D eigenvalue weighted by atomic mass is 16.5. The first-order valence-electron chi connectivity index (χ1n) is 6.66. The van der Waals surface area contributed by atoms with Crippen LogP contribution in [0.15, 0.2) is 0 Å². The van der Waals surface area contributed by atoms with Gasteiger partial charge in [0.05, 0.1) is 32.0 Å². The van der Waals surface area contributed by atoms with Crippen LogP contribution in [0.1, 0.15) is 0 Å². The monoisotopic (exact) mass is 273 g/mol. The van der Waals surface area contributed by atoms with E-state index in [-0.39, 0.29) is 18.2 Å². The summed E-state index contributed by atoms with van der Waals surface area (Å²) in [4.78, 5) is 15.5. The number of amides is 2. The fourth-order valence-electron chi connectivity index (χ4n) is 2.37. The van der Waals surface area contributed by atoms with Gasteiger partial charge in [-0.3, -0.25) is 0 Å². The van der Waals surface area contributed by atoms with Gasteiger partial charge < -0.3 is 29.7 Å². The minimum Gasteiger partial charge on any atom is -0.389 e. The maximum atomic E-state index is 11.9. The van der Waals surface area contributed by atoms with Crippen molar-refractivity contribution in [3.63, 3.8) is 0 Å². The Morgan fingerprint density at radius 2 is 2.11 bits per heavy atom. The summed E-state index contributed by atoms with van der Waals surface area (Å²) in [5, 5.41) is 12.9. The average Bonchev–Trinajstić information content (AvgIpc) is 2.78. The fraction of sp³-hybridized carbons (Fsp3) is 0.917. The van der Waals surface area contributed by atoms with E-state index in [1.807, 2.05) is 19.0 Å². The summed E-state index contributed by atoms with van der Waals surface area (Å²) in [5.74, 6) is 0. The highest BCUT2D eigenvalue weighted by molar-refractivity contribution is 5.74. The highest BCUT2D eigenvalue weighted by Crippen LogP contribution is 2.17. The van der Waals surface area contributed by atoms with Gasteiger partial charge >= 0.3 is 6.03 Å². The lowest BCUT2D eigenvalue weighted by molar-refractivity contribution is 0.0331. The van der Waals surface area contributed by atoms with Crippen molar-refractivity contribution in [2.24, 2.45) is 0 Å². The Morgan fingerprint density at radius 3 is 2.68 bits per heavy atom. The molecule has 0 radical (unpaired) electrons. The summed E-state index contributed by atoms with van der Waals surface area (Å²) in [7, 11) is 3.82. The van der Waals surface area contributed by atoms with Gasteiger partial charge in [-0.1, -0.05) is 0 Å². The molecule has 2 rings (SSSR count). The number of carbonyl (C=O) groups excluding carboxylic acids is 1. The molecule has 2 N–H and O–H groups in total. The van der Waals surface area contributed by atoms with Gasteiger partial charge in [0.15, 0.2) is 0 Å². The second kappa shape index (κ2) is 6.51. The lowest BCUT2D eigenvalue weighted by Crippen LogP contribution is -2.49. The Morgan fingerprint density at radius 1 is 1.42 bits per heavy atom. The molecule has 0 aromatic rings. The highest BCUT2D eigenvalue weighted by Gasteiger charge is 2.37. The number of hydrogen-bond donors (Lipinski definition) is 2. The van der Waals surface area contributed by atoms with Crippen molar-refractivity contribution in [1.29, 1.82) is 0 Å². The minimum atomic E-state index is -0.569. The average molecular weight is 273 g/mol. The Balaban J connectivity index is 1.75. The smallest absolute Gasteiger partial charge is 0.317 e. The van der Waals surface area contributed by atoms with Gasteiger partial charge in [-0.2, -0.15) is 0 Å². The molecule has 7 heteroatoms. The molecule has 2 saturated heterocycles. The predicted octanol–water partition coefficient (Wildman–Crippen LogP) is -1.28. The molecule has 2 aliphatic rings. The summed E-state index contributed by atoms with van der Waals surface area (Å²) in [6.07, 6.45) is -0.905. The zero-order chi connectivity index (χ0) is 13.8. The number of carbonyl (C=O) groups is 1. The molecule has 2 fully saturated rings. The Kier molecular flexibility index (Phi) is 4.98. The van der Waals surface area contributed by atoms with Crippen molar-refractivity contribution in [2.75, 3.05) is 53.6 Å². The summed E-state index contributed by atoms with van der Waals surface area (Å²) in [5.41, 5.74) is 0. The molecule has 2 amide bonds. The van der Waals surface area contributed by atoms with Crippen LogP contribution in [0.2, 0.25) is 0 Å². The maximum absolute atomic E-state index is 11.9. The molecule has 3 atom stereocenters. The maximum Gasteiger partial charge on any atom is 0.317 e. The summed E-state index contributed by atoms with van der Waals surface area (Å²) in [6.45, 7) is 3.21. The number of ether oxygens (including phenoxy) is 2. The van der Waals surface area contributed by atoms with Crippen LogP contribution in [0.25, 0.3) is 0 Å². The molecule has 19 heavy (non-hydrogen) atoms. The molecule has 0 saturated carbocycles. The number of likely N-dealkylation sites (N-methyl/N-ethyl adjacent to an activating group) is 1. The van der Waals surface area contributed by atoms with Crippen LogP contribution in [-0.2, 0) is 9.47 Å². The van der Waals surface area contributed by atoms with Gasteiger partial charge in [0.2, 0.25) is 0 Å². The van der Waals surface area contributed by atoms with E-state index in [0.29, 0.717) is 39.5 Å². The van der Waals surface area contributed by atoms with E-state index in [9.17, 15) is 9.90 Å². The number of aliphatic hydroxyl groups is 1. The lowest BCUT2D eigenvalue weighted by Gasteiger charge is -2.28. The third-order valence-corrected chi connectivity index (χ3v) is 3.67. The van der Waals surface area contributed by atoms with E-state index in [1.54, 1.807) is 4.90 Å². The van der Waals surface area contributed by atoms with Gasteiger partial charge in [-0.25, -0.2) is 4.79 Å². The molecule has 0 unspecified atom stereocenters. The van der Waals surface area contributed by atoms with E-state index in [1.165, 1.54) is 0 Å². The number of nitrogens with one attached hydrogen (secondary N) is 1. The summed E-state index contributed by atoms with van der Waals surface area (Å²) >= 11 is 0. The molecule has 110 valence electrons. The first-order valence-corrected chi connectivity index (χ1v) is 6.66. The second-order valence-corrected chi connectivity index (χ2v) is 5.18. The van der Waals surface area contributed by atoms with E-state index < -0.39 is 6.10 Å². The molecule has 2 aliphatic heterocycles. The van der Waals surface area contributed by atoms with Crippen LogP contribution >= 0.6 is 0 Å². The molecular weight excluding hydrogens is 250 g/mol. The molecule has 0 aliphatic carbocycles. The third-order valence-electron chi connectivity index (χ3n) is 3.67. The first-order chi connectivity index (χ1) is 9.09. The van der Waals surface area contributed by atoms with Gasteiger partial charge in [0, 0.05) is 19.6 Å². The predicted molar refractivity (Wildman–Crippen MR) is 69.0 cm³/mol. The number of nitrogens with zero attached hydrogens (tertiary/aromatic N) is 2. The van der Waals surface area contributed by atoms with Gasteiger partial charge in [0.25, 0.3) is 0 Å². The van der Waals surface area contributed by atoms with E-state index in [4.69, 9.17) is 9.47 Å². The van der Waals surface area contributed by atoms with Crippen LogP contribution in [0, 0.1) is 0 Å². The second-order valence-electron chi connectivity index (χ2n) is 5.18. The van der Waals surface area contributed by atoms with Gasteiger partial charge in [0.1, 0.15) is 6.10 Å². The topological polar surface area (TPSA) is 74.3 Å². The van der Waals surface area contributed by atoms with Gasteiger partial charge in [-0.15, -0.1) is 0 Å². The molecular formula is C12H23N3O4. The molecule has 0 aromatic heterocycles. The number of aliphatic hydroxyl groups excluding tert-OH is 1. The minimum absolute atomic E-state index is 0.00899.